The fourth-order valence-corrected chi connectivity index (χ4v) is 1.88. The largest absolute Gasteiger partial charge is 0.391 e. The quantitative estimate of drug-likeness (QED) is 0.871. The Morgan fingerprint density at radius 1 is 1.29 bits per heavy atom. The lowest BCUT2D eigenvalue weighted by Crippen LogP contribution is -2.27. The van der Waals surface area contributed by atoms with Crippen LogP contribution in [0.4, 0.5) is 0 Å². The molecule has 3 N–H and O–H groups in total. The van der Waals surface area contributed by atoms with Crippen LogP contribution < -0.4 is 5.73 Å². The number of nitrogens with two attached hydrogens (primary N) is 1. The molecule has 2 atom stereocenters. The lowest BCUT2D eigenvalue weighted by Gasteiger charge is -2.18. The fraction of sp³-hybridized carbons (Fsp3) is 0.455. The summed E-state index contributed by atoms with van der Waals surface area (Å²) in [4.78, 5) is 0. The highest BCUT2D eigenvalue weighted by atomic mass is 79.9. The smallest absolute Gasteiger partial charge is 0.0760 e. The van der Waals surface area contributed by atoms with E-state index in [1.165, 1.54) is 0 Å². The van der Waals surface area contributed by atoms with Crippen molar-refractivity contribution in [1.29, 1.82) is 0 Å². The molecule has 2 rings (SSSR count). The van der Waals surface area contributed by atoms with Gasteiger partial charge in [0.15, 0.2) is 0 Å². The number of rotatable bonds is 3. The Hall–Kier alpha value is -0.380. The second-order valence-corrected chi connectivity index (χ2v) is 4.82. The molecule has 1 aliphatic rings. The molecule has 1 saturated carbocycles. The van der Waals surface area contributed by atoms with E-state index in [0.717, 1.165) is 22.9 Å². The minimum absolute atomic E-state index is 0.240. The van der Waals surface area contributed by atoms with Crippen molar-refractivity contribution in [3.8, 4) is 0 Å². The zero-order chi connectivity index (χ0) is 10.1. The van der Waals surface area contributed by atoms with Crippen molar-refractivity contribution in [2.24, 2.45) is 11.7 Å². The molecule has 2 nitrogen and oxygen atoms in total. The third-order valence-corrected chi connectivity index (χ3v) is 3.26. The van der Waals surface area contributed by atoms with Gasteiger partial charge in [-0.15, -0.1) is 0 Å². The normalized spacial score (nSPS) is 20.5. The van der Waals surface area contributed by atoms with Crippen molar-refractivity contribution in [3.05, 3.63) is 34.3 Å². The molecule has 14 heavy (non-hydrogen) atoms. The summed E-state index contributed by atoms with van der Waals surface area (Å²) in [6, 6.07) is 7.58. The molecule has 3 heteroatoms. The average Bonchev–Trinajstić information content (AvgIpc) is 3.00. The Kier molecular flexibility index (Phi) is 2.91. The number of aliphatic hydroxyl groups is 1. The first-order valence-corrected chi connectivity index (χ1v) is 5.67. The molecule has 0 aliphatic heterocycles. The van der Waals surface area contributed by atoms with E-state index in [9.17, 15) is 5.11 Å². The Balaban J connectivity index is 2.09. The first-order valence-electron chi connectivity index (χ1n) is 4.87. The van der Waals surface area contributed by atoms with Crippen LogP contribution in [0.5, 0.6) is 0 Å². The summed E-state index contributed by atoms with van der Waals surface area (Å²) in [5.41, 5.74) is 6.97. The monoisotopic (exact) mass is 255 g/mol. The molecule has 76 valence electrons. The van der Waals surface area contributed by atoms with Gasteiger partial charge < -0.3 is 10.8 Å². The van der Waals surface area contributed by atoms with Crippen LogP contribution in [0.1, 0.15) is 24.4 Å². The summed E-state index contributed by atoms with van der Waals surface area (Å²) < 4.78 is 1.04. The van der Waals surface area contributed by atoms with E-state index in [1.54, 1.807) is 0 Å². The summed E-state index contributed by atoms with van der Waals surface area (Å²) in [7, 11) is 0. The average molecular weight is 256 g/mol. The van der Waals surface area contributed by atoms with Gasteiger partial charge in [0.1, 0.15) is 0 Å². The SMILES string of the molecule is N[C@@H](c1ccc(Br)cc1)[C@H](O)C1CC1. The molecule has 0 unspecified atom stereocenters. The third-order valence-electron chi connectivity index (χ3n) is 2.73. The standard InChI is InChI=1S/C11H14BrNO/c12-9-5-3-7(4-6-9)10(13)11(14)8-1-2-8/h3-6,8,10-11,14H,1-2,13H2/t10-,11+/m0/s1. The second kappa shape index (κ2) is 4.01. The topological polar surface area (TPSA) is 46.2 Å². The Labute approximate surface area is 92.3 Å². The number of aliphatic hydroxyl groups excluding tert-OH is 1. The van der Waals surface area contributed by atoms with Crippen molar-refractivity contribution in [3.63, 3.8) is 0 Å². The summed E-state index contributed by atoms with van der Waals surface area (Å²) in [5, 5.41) is 9.84. The Morgan fingerprint density at radius 2 is 1.86 bits per heavy atom. The minimum atomic E-state index is -0.379. The van der Waals surface area contributed by atoms with E-state index >= 15 is 0 Å². The van der Waals surface area contributed by atoms with Gasteiger partial charge in [0.2, 0.25) is 0 Å². The molecule has 1 fully saturated rings. The first kappa shape index (κ1) is 10.1. The number of hydrogen-bond acceptors (Lipinski definition) is 2. The van der Waals surface area contributed by atoms with Gasteiger partial charge in [-0.3, -0.25) is 0 Å². The van der Waals surface area contributed by atoms with Crippen LogP contribution in [0.15, 0.2) is 28.7 Å². The van der Waals surface area contributed by atoms with E-state index in [0.29, 0.717) is 5.92 Å². The zero-order valence-electron chi connectivity index (χ0n) is 7.86. The van der Waals surface area contributed by atoms with Crippen LogP contribution in [-0.2, 0) is 0 Å². The molecule has 0 spiro atoms. The molecule has 0 radical (unpaired) electrons. The first-order chi connectivity index (χ1) is 6.68. The van der Waals surface area contributed by atoms with Crippen LogP contribution in [0, 0.1) is 5.92 Å². The predicted octanol–water partition coefficient (Wildman–Crippen LogP) is 2.22. The van der Waals surface area contributed by atoms with E-state index in [4.69, 9.17) is 5.73 Å². The summed E-state index contributed by atoms with van der Waals surface area (Å²) in [6.45, 7) is 0. The third kappa shape index (κ3) is 2.16. The Morgan fingerprint density at radius 3 is 2.36 bits per heavy atom. The van der Waals surface area contributed by atoms with Gasteiger partial charge in [-0.2, -0.15) is 0 Å². The molecule has 0 saturated heterocycles. The molecule has 0 amide bonds. The lowest BCUT2D eigenvalue weighted by atomic mass is 9.99. The van der Waals surface area contributed by atoms with Crippen LogP contribution in [0.2, 0.25) is 0 Å². The zero-order valence-corrected chi connectivity index (χ0v) is 9.44. The van der Waals surface area contributed by atoms with Gasteiger partial charge in [0.25, 0.3) is 0 Å². The molecular weight excluding hydrogens is 242 g/mol. The summed E-state index contributed by atoms with van der Waals surface area (Å²) in [5.74, 6) is 0.425. The lowest BCUT2D eigenvalue weighted by molar-refractivity contribution is 0.122. The van der Waals surface area contributed by atoms with E-state index in [-0.39, 0.29) is 12.1 Å². The van der Waals surface area contributed by atoms with Gasteiger partial charge >= 0.3 is 0 Å². The van der Waals surface area contributed by atoms with E-state index < -0.39 is 0 Å². The predicted molar refractivity (Wildman–Crippen MR) is 59.8 cm³/mol. The van der Waals surface area contributed by atoms with E-state index in [1.807, 2.05) is 24.3 Å². The minimum Gasteiger partial charge on any atom is -0.391 e. The molecule has 0 heterocycles. The highest BCUT2D eigenvalue weighted by Gasteiger charge is 2.34. The van der Waals surface area contributed by atoms with Crippen molar-refractivity contribution >= 4 is 15.9 Å². The fourth-order valence-electron chi connectivity index (χ4n) is 1.61. The molecule has 1 aromatic carbocycles. The maximum absolute atomic E-state index is 9.84. The summed E-state index contributed by atoms with van der Waals surface area (Å²) in [6.07, 6.45) is 1.85. The van der Waals surface area contributed by atoms with E-state index in [2.05, 4.69) is 15.9 Å². The van der Waals surface area contributed by atoms with Gasteiger partial charge in [-0.05, 0) is 36.5 Å². The maximum atomic E-state index is 9.84. The van der Waals surface area contributed by atoms with Crippen molar-refractivity contribution in [2.75, 3.05) is 0 Å². The molecule has 1 aliphatic carbocycles. The van der Waals surface area contributed by atoms with Crippen molar-refractivity contribution in [2.45, 2.75) is 25.0 Å². The van der Waals surface area contributed by atoms with Gasteiger partial charge in [-0.1, -0.05) is 28.1 Å². The number of halogens is 1. The number of hydrogen-bond donors (Lipinski definition) is 2. The van der Waals surface area contributed by atoms with Gasteiger partial charge in [0, 0.05) is 4.47 Å². The molecule has 1 aromatic rings. The number of benzene rings is 1. The van der Waals surface area contributed by atoms with Gasteiger partial charge in [0.05, 0.1) is 12.1 Å². The molecular formula is C11H14BrNO. The van der Waals surface area contributed by atoms with Crippen molar-refractivity contribution in [1.82, 2.24) is 0 Å². The molecule has 0 aromatic heterocycles. The van der Waals surface area contributed by atoms with Crippen LogP contribution in [0.25, 0.3) is 0 Å². The summed E-state index contributed by atoms with van der Waals surface area (Å²) >= 11 is 3.37. The maximum Gasteiger partial charge on any atom is 0.0760 e. The van der Waals surface area contributed by atoms with Crippen molar-refractivity contribution < 1.29 is 5.11 Å². The van der Waals surface area contributed by atoms with Crippen LogP contribution in [0.3, 0.4) is 0 Å². The second-order valence-electron chi connectivity index (χ2n) is 3.91. The highest BCUT2D eigenvalue weighted by Crippen LogP contribution is 2.37. The highest BCUT2D eigenvalue weighted by molar-refractivity contribution is 9.10. The van der Waals surface area contributed by atoms with Gasteiger partial charge in [-0.25, -0.2) is 0 Å². The van der Waals surface area contributed by atoms with Crippen LogP contribution >= 0.6 is 15.9 Å². The molecule has 0 bridgehead atoms. The Bertz CT molecular complexity index is 308. The van der Waals surface area contributed by atoms with Crippen LogP contribution in [-0.4, -0.2) is 11.2 Å².